The van der Waals surface area contributed by atoms with Crippen molar-refractivity contribution in [3.63, 3.8) is 0 Å². The van der Waals surface area contributed by atoms with E-state index in [9.17, 15) is 5.26 Å². The number of hydrogen-bond acceptors (Lipinski definition) is 6. The minimum Gasteiger partial charge on any atom is -0.474 e. The summed E-state index contributed by atoms with van der Waals surface area (Å²) in [4.78, 5) is 11.2. The van der Waals surface area contributed by atoms with E-state index >= 15 is 0 Å². The van der Waals surface area contributed by atoms with Crippen LogP contribution >= 0.6 is 0 Å². The number of hydrogen-bond donors (Lipinski definition) is 1. The Balaban J connectivity index is 1.41. The fourth-order valence-electron chi connectivity index (χ4n) is 4.43. The third-order valence-electron chi connectivity index (χ3n) is 6.05. The zero-order valence-electron chi connectivity index (χ0n) is 15.9. The lowest BCUT2D eigenvalue weighted by atomic mass is 9.90. The smallest absolute Gasteiger partial charge is 0.236 e. The molecule has 1 saturated carbocycles. The Labute approximate surface area is 160 Å². The SMILES string of the molecule is CN(C1CCNCC1)C1CCC(Oc2nc(C#N)nc3ccccc23)CC1. The summed E-state index contributed by atoms with van der Waals surface area (Å²) in [6.07, 6.45) is 7.01. The summed E-state index contributed by atoms with van der Waals surface area (Å²) in [7, 11) is 2.29. The molecular weight excluding hydrogens is 338 g/mol. The average Bonchev–Trinajstić information content (AvgIpc) is 2.74. The number of ether oxygens (including phenoxy) is 1. The molecule has 1 aliphatic heterocycles. The van der Waals surface area contributed by atoms with Crippen molar-refractivity contribution in [1.82, 2.24) is 20.2 Å². The number of fused-ring (bicyclic) bond motifs is 1. The van der Waals surface area contributed by atoms with Gasteiger partial charge in [0.1, 0.15) is 12.2 Å². The van der Waals surface area contributed by atoms with E-state index in [0.717, 1.165) is 49.7 Å². The maximum Gasteiger partial charge on any atom is 0.236 e. The molecule has 27 heavy (non-hydrogen) atoms. The van der Waals surface area contributed by atoms with Gasteiger partial charge in [0.05, 0.1) is 10.9 Å². The summed E-state index contributed by atoms with van der Waals surface area (Å²) in [5.74, 6) is 0.718. The molecule has 1 aromatic carbocycles. The molecule has 0 atom stereocenters. The molecule has 6 nitrogen and oxygen atoms in total. The molecule has 1 aliphatic carbocycles. The molecule has 1 saturated heterocycles. The van der Waals surface area contributed by atoms with Gasteiger partial charge in [-0.15, -0.1) is 0 Å². The second-order valence-electron chi connectivity index (χ2n) is 7.68. The monoisotopic (exact) mass is 365 g/mol. The first-order valence-electron chi connectivity index (χ1n) is 10.0. The van der Waals surface area contributed by atoms with Gasteiger partial charge in [-0.05, 0) is 70.8 Å². The van der Waals surface area contributed by atoms with Crippen LogP contribution in [0.25, 0.3) is 10.9 Å². The Hall–Kier alpha value is -2.23. The highest BCUT2D eigenvalue weighted by Gasteiger charge is 2.29. The zero-order valence-corrected chi connectivity index (χ0v) is 15.9. The van der Waals surface area contributed by atoms with Gasteiger partial charge in [-0.2, -0.15) is 10.2 Å². The van der Waals surface area contributed by atoms with E-state index in [-0.39, 0.29) is 11.9 Å². The van der Waals surface area contributed by atoms with E-state index in [2.05, 4.69) is 27.2 Å². The van der Waals surface area contributed by atoms with Gasteiger partial charge in [-0.25, -0.2) is 4.98 Å². The largest absolute Gasteiger partial charge is 0.474 e. The molecule has 6 heteroatoms. The fourth-order valence-corrected chi connectivity index (χ4v) is 4.43. The number of piperidine rings is 1. The van der Waals surface area contributed by atoms with Crippen molar-refractivity contribution in [2.24, 2.45) is 0 Å². The third-order valence-corrected chi connectivity index (χ3v) is 6.05. The molecule has 2 aromatic rings. The molecule has 1 N–H and O–H groups in total. The minimum absolute atomic E-state index is 0.160. The lowest BCUT2D eigenvalue weighted by Gasteiger charge is -2.40. The number of benzene rings is 1. The highest BCUT2D eigenvalue weighted by Crippen LogP contribution is 2.30. The maximum absolute atomic E-state index is 9.21. The first-order chi connectivity index (χ1) is 13.2. The van der Waals surface area contributed by atoms with Gasteiger partial charge in [0, 0.05) is 12.1 Å². The number of rotatable bonds is 4. The van der Waals surface area contributed by atoms with Gasteiger partial charge >= 0.3 is 0 Å². The minimum atomic E-state index is 0.160. The van der Waals surface area contributed by atoms with E-state index in [4.69, 9.17) is 4.74 Å². The summed E-state index contributed by atoms with van der Waals surface area (Å²) < 4.78 is 6.25. The Morgan fingerprint density at radius 2 is 1.74 bits per heavy atom. The van der Waals surface area contributed by atoms with Gasteiger partial charge < -0.3 is 15.0 Å². The molecule has 0 spiro atoms. The molecule has 4 rings (SSSR count). The van der Waals surface area contributed by atoms with E-state index in [0.29, 0.717) is 18.0 Å². The van der Waals surface area contributed by atoms with Gasteiger partial charge in [0.25, 0.3) is 0 Å². The normalized spacial score (nSPS) is 24.0. The second kappa shape index (κ2) is 8.20. The summed E-state index contributed by atoms with van der Waals surface area (Å²) in [5, 5.41) is 13.5. The van der Waals surface area contributed by atoms with Crippen molar-refractivity contribution < 1.29 is 4.74 Å². The lowest BCUT2D eigenvalue weighted by molar-refractivity contribution is 0.0687. The first-order valence-corrected chi connectivity index (χ1v) is 10.0. The van der Waals surface area contributed by atoms with Crippen molar-refractivity contribution in [2.75, 3.05) is 20.1 Å². The third kappa shape index (κ3) is 4.05. The maximum atomic E-state index is 9.21. The van der Waals surface area contributed by atoms with Gasteiger partial charge in [0.15, 0.2) is 0 Å². The standard InChI is InChI=1S/C21H27N5O/c1-26(16-10-12-23-13-11-16)15-6-8-17(9-7-15)27-21-18-4-2-3-5-19(18)24-20(14-22)25-21/h2-5,15-17,23H,6-13H2,1H3. The number of nitrogens with one attached hydrogen (secondary N) is 1. The number of nitriles is 1. The van der Waals surface area contributed by atoms with Crippen LogP contribution in [0.3, 0.4) is 0 Å². The molecule has 2 fully saturated rings. The summed E-state index contributed by atoms with van der Waals surface area (Å²) in [5.41, 5.74) is 0.762. The van der Waals surface area contributed by atoms with Crippen LogP contribution in [0.4, 0.5) is 0 Å². The number of aromatic nitrogens is 2. The first kappa shape index (κ1) is 18.1. The van der Waals surface area contributed by atoms with Crippen molar-refractivity contribution in [2.45, 2.75) is 56.7 Å². The lowest BCUT2D eigenvalue weighted by Crippen LogP contribution is -2.47. The summed E-state index contributed by atoms with van der Waals surface area (Å²) >= 11 is 0. The van der Waals surface area contributed by atoms with Crippen LogP contribution in [0.2, 0.25) is 0 Å². The van der Waals surface area contributed by atoms with Crippen LogP contribution in [0.1, 0.15) is 44.3 Å². The topological polar surface area (TPSA) is 74.1 Å². The second-order valence-corrected chi connectivity index (χ2v) is 7.68. The molecule has 1 aromatic heterocycles. The van der Waals surface area contributed by atoms with E-state index < -0.39 is 0 Å². The Bertz CT molecular complexity index is 819. The van der Waals surface area contributed by atoms with Crippen LogP contribution in [0.5, 0.6) is 5.88 Å². The van der Waals surface area contributed by atoms with Crippen LogP contribution in [-0.4, -0.2) is 53.2 Å². The molecule has 0 amide bonds. The summed E-state index contributed by atoms with van der Waals surface area (Å²) in [6.45, 7) is 2.27. The van der Waals surface area contributed by atoms with Crippen molar-refractivity contribution in [3.8, 4) is 11.9 Å². The fraction of sp³-hybridized carbons (Fsp3) is 0.571. The van der Waals surface area contributed by atoms with E-state index in [1.54, 1.807) is 0 Å². The Morgan fingerprint density at radius 3 is 2.48 bits per heavy atom. The predicted molar refractivity (Wildman–Crippen MR) is 105 cm³/mol. The highest BCUT2D eigenvalue weighted by molar-refractivity contribution is 5.83. The predicted octanol–water partition coefficient (Wildman–Crippen LogP) is 2.88. The van der Waals surface area contributed by atoms with E-state index in [1.807, 2.05) is 30.3 Å². The van der Waals surface area contributed by atoms with Gasteiger partial charge in [-0.3, -0.25) is 0 Å². The van der Waals surface area contributed by atoms with Crippen LogP contribution in [0.15, 0.2) is 24.3 Å². The van der Waals surface area contributed by atoms with Crippen LogP contribution < -0.4 is 10.1 Å². The highest BCUT2D eigenvalue weighted by atomic mass is 16.5. The quantitative estimate of drug-likeness (QED) is 0.898. The Kier molecular flexibility index (Phi) is 5.51. The number of para-hydroxylation sites is 1. The molecule has 0 bridgehead atoms. The Morgan fingerprint density at radius 1 is 1.04 bits per heavy atom. The molecule has 142 valence electrons. The van der Waals surface area contributed by atoms with Crippen molar-refractivity contribution >= 4 is 10.9 Å². The van der Waals surface area contributed by atoms with Crippen molar-refractivity contribution in [1.29, 1.82) is 5.26 Å². The summed E-state index contributed by atoms with van der Waals surface area (Å²) in [6, 6.07) is 11.1. The van der Waals surface area contributed by atoms with Crippen molar-refractivity contribution in [3.05, 3.63) is 30.1 Å². The van der Waals surface area contributed by atoms with E-state index in [1.165, 1.54) is 12.8 Å². The number of nitrogens with zero attached hydrogens (tertiary/aromatic N) is 4. The van der Waals surface area contributed by atoms with Gasteiger partial charge in [-0.1, -0.05) is 12.1 Å². The molecule has 0 radical (unpaired) electrons. The molecule has 2 heterocycles. The van der Waals surface area contributed by atoms with Crippen LogP contribution in [0, 0.1) is 11.3 Å². The van der Waals surface area contributed by atoms with Gasteiger partial charge in [0.2, 0.25) is 11.7 Å². The van der Waals surface area contributed by atoms with Crippen LogP contribution in [-0.2, 0) is 0 Å². The zero-order chi connectivity index (χ0) is 18.6. The average molecular weight is 365 g/mol. The molecule has 2 aliphatic rings. The molecular formula is C21H27N5O. The molecule has 0 unspecified atom stereocenters.